The highest BCUT2D eigenvalue weighted by Crippen LogP contribution is 2.23. The van der Waals surface area contributed by atoms with Crippen molar-refractivity contribution >= 4 is 33.7 Å². The molecule has 0 radical (unpaired) electrons. The summed E-state index contributed by atoms with van der Waals surface area (Å²) in [6.45, 7) is 0. The van der Waals surface area contributed by atoms with Gasteiger partial charge in [0.15, 0.2) is 5.13 Å². The topological polar surface area (TPSA) is 59.1 Å². The molecule has 0 aliphatic carbocycles. The Morgan fingerprint density at radius 2 is 1.50 bits per heavy atom. The fourth-order valence-electron chi connectivity index (χ4n) is 1.91. The summed E-state index contributed by atoms with van der Waals surface area (Å²) in [6.07, 6.45) is 1.43. The van der Waals surface area contributed by atoms with Crippen LogP contribution in [0.3, 0.4) is 0 Å². The van der Waals surface area contributed by atoms with Crippen LogP contribution in [0.25, 0.3) is 0 Å². The number of hydrogen-bond acceptors (Lipinski definition) is 5. The number of aromatic nitrogens is 1. The van der Waals surface area contributed by atoms with E-state index in [1.54, 1.807) is 30.3 Å². The van der Waals surface area contributed by atoms with E-state index in [0.29, 0.717) is 15.6 Å². The lowest BCUT2D eigenvalue weighted by Crippen LogP contribution is -2.12. The van der Waals surface area contributed by atoms with Gasteiger partial charge >= 0.3 is 0 Å². The fraction of sp³-hybridized carbons (Fsp3) is 0. The maximum atomic E-state index is 12.2. The van der Waals surface area contributed by atoms with Gasteiger partial charge in [-0.3, -0.25) is 9.59 Å². The summed E-state index contributed by atoms with van der Waals surface area (Å²) in [5.41, 5.74) is 1.27. The number of nitrogens with zero attached hydrogens (tertiary/aromatic N) is 1. The van der Waals surface area contributed by atoms with Crippen molar-refractivity contribution in [1.82, 2.24) is 4.98 Å². The number of ketones is 2. The van der Waals surface area contributed by atoms with Crippen molar-refractivity contribution < 1.29 is 9.59 Å². The maximum absolute atomic E-state index is 12.2. The van der Waals surface area contributed by atoms with E-state index < -0.39 is 11.6 Å². The van der Waals surface area contributed by atoms with E-state index in [-0.39, 0.29) is 0 Å². The summed E-state index contributed by atoms with van der Waals surface area (Å²) < 4.78 is 0. The van der Waals surface area contributed by atoms with Crippen LogP contribution in [0.4, 0.5) is 10.8 Å². The number of carbonyl (C=O) groups is 2. The third-order valence-corrected chi connectivity index (χ3v) is 3.91. The Labute approximate surface area is 131 Å². The van der Waals surface area contributed by atoms with E-state index in [0.717, 1.165) is 5.69 Å². The minimum absolute atomic E-state index is 0.326. The third-order valence-electron chi connectivity index (χ3n) is 3.00. The van der Waals surface area contributed by atoms with E-state index in [9.17, 15) is 9.59 Å². The first-order chi connectivity index (χ1) is 10.7. The second-order valence-electron chi connectivity index (χ2n) is 4.54. The van der Waals surface area contributed by atoms with Gasteiger partial charge in [0.1, 0.15) is 4.88 Å². The molecule has 0 saturated carbocycles. The Morgan fingerprint density at radius 3 is 2.18 bits per heavy atom. The van der Waals surface area contributed by atoms with Crippen LogP contribution in [0.1, 0.15) is 20.0 Å². The SMILES string of the molecule is O=C(C(=O)c1cnc(Nc2ccccc2)s1)c1ccccc1. The first kappa shape index (κ1) is 14.2. The monoisotopic (exact) mass is 308 g/mol. The van der Waals surface area contributed by atoms with E-state index >= 15 is 0 Å². The van der Waals surface area contributed by atoms with Gasteiger partial charge in [-0.05, 0) is 12.1 Å². The number of hydrogen-bond donors (Lipinski definition) is 1. The molecule has 4 nitrogen and oxygen atoms in total. The molecule has 22 heavy (non-hydrogen) atoms. The molecule has 108 valence electrons. The van der Waals surface area contributed by atoms with Crippen LogP contribution in [0.2, 0.25) is 0 Å². The summed E-state index contributed by atoms with van der Waals surface area (Å²) in [7, 11) is 0. The van der Waals surface area contributed by atoms with Gasteiger partial charge in [-0.2, -0.15) is 0 Å². The Morgan fingerprint density at radius 1 is 0.864 bits per heavy atom. The molecule has 0 amide bonds. The second-order valence-corrected chi connectivity index (χ2v) is 5.58. The number of nitrogens with one attached hydrogen (secondary N) is 1. The van der Waals surface area contributed by atoms with E-state index in [1.807, 2.05) is 30.3 Å². The Balaban J connectivity index is 1.76. The molecule has 0 unspecified atom stereocenters. The summed E-state index contributed by atoms with van der Waals surface area (Å²) in [6, 6.07) is 18.0. The number of carbonyl (C=O) groups excluding carboxylic acids is 2. The molecule has 1 heterocycles. The van der Waals surface area contributed by atoms with E-state index in [2.05, 4.69) is 10.3 Å². The van der Waals surface area contributed by atoms with Gasteiger partial charge in [0.2, 0.25) is 11.6 Å². The Hall–Kier alpha value is -2.79. The molecule has 1 N–H and O–H groups in total. The van der Waals surface area contributed by atoms with Gasteiger partial charge in [-0.1, -0.05) is 59.9 Å². The first-order valence-corrected chi connectivity index (χ1v) is 7.47. The van der Waals surface area contributed by atoms with E-state index in [1.165, 1.54) is 17.5 Å². The maximum Gasteiger partial charge on any atom is 0.245 e. The van der Waals surface area contributed by atoms with Crippen molar-refractivity contribution in [2.24, 2.45) is 0 Å². The van der Waals surface area contributed by atoms with Crippen molar-refractivity contribution in [2.45, 2.75) is 0 Å². The molecule has 0 bridgehead atoms. The van der Waals surface area contributed by atoms with Crippen molar-refractivity contribution in [2.75, 3.05) is 5.32 Å². The van der Waals surface area contributed by atoms with Crippen LogP contribution in [-0.4, -0.2) is 16.6 Å². The highest BCUT2D eigenvalue weighted by atomic mass is 32.1. The van der Waals surface area contributed by atoms with Crippen LogP contribution in [-0.2, 0) is 0 Å². The predicted molar refractivity (Wildman–Crippen MR) is 86.9 cm³/mol. The van der Waals surface area contributed by atoms with Crippen LogP contribution < -0.4 is 5.32 Å². The molecule has 5 heteroatoms. The van der Waals surface area contributed by atoms with Crippen LogP contribution in [0.5, 0.6) is 0 Å². The number of para-hydroxylation sites is 1. The largest absolute Gasteiger partial charge is 0.332 e. The number of thiazole rings is 1. The van der Waals surface area contributed by atoms with Crippen molar-refractivity contribution in [3.05, 3.63) is 77.3 Å². The second kappa shape index (κ2) is 6.32. The van der Waals surface area contributed by atoms with Gasteiger partial charge in [0, 0.05) is 11.3 Å². The number of Topliss-reactive ketones (excluding diaryl/α,β-unsaturated/α-hetero) is 2. The molecule has 1 aromatic heterocycles. The molecular weight excluding hydrogens is 296 g/mol. The van der Waals surface area contributed by atoms with Crippen molar-refractivity contribution in [3.63, 3.8) is 0 Å². The number of anilines is 2. The Kier molecular flexibility index (Phi) is 4.07. The highest BCUT2D eigenvalue weighted by Gasteiger charge is 2.20. The zero-order valence-corrected chi connectivity index (χ0v) is 12.3. The lowest BCUT2D eigenvalue weighted by Gasteiger charge is -2.00. The standard InChI is InChI=1S/C17H12N2O2S/c20-15(12-7-3-1-4-8-12)16(21)14-11-18-17(22-14)19-13-9-5-2-6-10-13/h1-11H,(H,18,19). The molecule has 3 rings (SSSR count). The van der Waals surface area contributed by atoms with Crippen LogP contribution >= 0.6 is 11.3 Å². The average Bonchev–Trinajstić information content (AvgIpc) is 3.04. The molecule has 0 atom stereocenters. The first-order valence-electron chi connectivity index (χ1n) is 6.66. The highest BCUT2D eigenvalue weighted by molar-refractivity contribution is 7.18. The smallest absolute Gasteiger partial charge is 0.245 e. The van der Waals surface area contributed by atoms with Crippen molar-refractivity contribution in [3.8, 4) is 0 Å². The summed E-state index contributed by atoms with van der Waals surface area (Å²) in [5.74, 6) is -1.06. The Bertz CT molecular complexity index is 798. The molecule has 2 aromatic carbocycles. The molecule has 0 spiro atoms. The van der Waals surface area contributed by atoms with Crippen LogP contribution in [0, 0.1) is 0 Å². The number of benzene rings is 2. The lowest BCUT2D eigenvalue weighted by atomic mass is 10.1. The van der Waals surface area contributed by atoms with E-state index in [4.69, 9.17) is 0 Å². The van der Waals surface area contributed by atoms with Gasteiger partial charge < -0.3 is 5.32 Å². The minimum Gasteiger partial charge on any atom is -0.332 e. The summed E-state index contributed by atoms with van der Waals surface area (Å²) >= 11 is 1.17. The van der Waals surface area contributed by atoms with Gasteiger partial charge in [0.05, 0.1) is 6.20 Å². The predicted octanol–water partition coefficient (Wildman–Crippen LogP) is 3.95. The van der Waals surface area contributed by atoms with Gasteiger partial charge in [-0.15, -0.1) is 0 Å². The third kappa shape index (κ3) is 3.10. The molecular formula is C17H12N2O2S. The molecule has 0 aliphatic rings. The molecule has 0 fully saturated rings. The molecule has 0 aliphatic heterocycles. The normalized spacial score (nSPS) is 10.2. The zero-order chi connectivity index (χ0) is 15.4. The number of rotatable bonds is 5. The van der Waals surface area contributed by atoms with Crippen molar-refractivity contribution in [1.29, 1.82) is 0 Å². The fourth-order valence-corrected chi connectivity index (χ4v) is 2.69. The summed E-state index contributed by atoms with van der Waals surface area (Å²) in [4.78, 5) is 28.8. The minimum atomic E-state index is -0.537. The quantitative estimate of drug-likeness (QED) is 0.572. The zero-order valence-electron chi connectivity index (χ0n) is 11.5. The van der Waals surface area contributed by atoms with Gasteiger partial charge in [0.25, 0.3) is 0 Å². The average molecular weight is 308 g/mol. The molecule has 3 aromatic rings. The lowest BCUT2D eigenvalue weighted by molar-refractivity contribution is 0.0819. The van der Waals surface area contributed by atoms with Gasteiger partial charge in [-0.25, -0.2) is 4.98 Å². The molecule has 0 saturated heterocycles. The van der Waals surface area contributed by atoms with Crippen LogP contribution in [0.15, 0.2) is 66.9 Å². The summed E-state index contributed by atoms with van der Waals surface area (Å²) in [5, 5.41) is 3.68.